The second-order valence-electron chi connectivity index (χ2n) is 4.01. The largest absolute Gasteiger partial charge is 0.388 e. The molecule has 1 atom stereocenters. The summed E-state index contributed by atoms with van der Waals surface area (Å²) in [5, 5.41) is 29.2. The predicted octanol–water partition coefficient (Wildman–Crippen LogP) is 1.31. The average molecular weight is 220 g/mol. The van der Waals surface area contributed by atoms with Gasteiger partial charge in [-0.3, -0.25) is 0 Å². The van der Waals surface area contributed by atoms with Crippen molar-refractivity contribution in [2.24, 2.45) is 0 Å². The molecule has 0 aliphatic rings. The van der Waals surface area contributed by atoms with E-state index in [4.69, 9.17) is 5.26 Å². The highest BCUT2D eigenvalue weighted by Crippen LogP contribution is 2.14. The fraction of sp³-hybridized carbons (Fsp3) is 0.545. The van der Waals surface area contributed by atoms with E-state index in [0.717, 1.165) is 6.42 Å². The van der Waals surface area contributed by atoms with Crippen LogP contribution in [0.5, 0.6) is 0 Å². The minimum absolute atomic E-state index is 0.355. The van der Waals surface area contributed by atoms with E-state index >= 15 is 0 Å². The quantitative estimate of drug-likeness (QED) is 0.781. The molecule has 0 spiro atoms. The van der Waals surface area contributed by atoms with Crippen LogP contribution in [-0.2, 0) is 0 Å². The average Bonchev–Trinajstić information content (AvgIpc) is 2.27. The van der Waals surface area contributed by atoms with Crippen LogP contribution in [0, 0.1) is 11.3 Å². The molecule has 0 saturated heterocycles. The van der Waals surface area contributed by atoms with Crippen molar-refractivity contribution < 1.29 is 5.11 Å². The first kappa shape index (κ1) is 12.4. The van der Waals surface area contributed by atoms with Crippen molar-refractivity contribution in [3.63, 3.8) is 0 Å². The van der Waals surface area contributed by atoms with Gasteiger partial charge in [0.2, 0.25) is 0 Å². The zero-order valence-electron chi connectivity index (χ0n) is 9.56. The van der Waals surface area contributed by atoms with E-state index in [2.05, 4.69) is 15.5 Å². The molecule has 0 radical (unpaired) electrons. The SMILES string of the molecule is CCCC(C)(O)CNc1nnccc1C#N. The Kier molecular flexibility index (Phi) is 4.20. The van der Waals surface area contributed by atoms with Crippen molar-refractivity contribution >= 4 is 5.82 Å². The molecular weight excluding hydrogens is 204 g/mol. The molecule has 1 aromatic heterocycles. The molecule has 16 heavy (non-hydrogen) atoms. The highest BCUT2D eigenvalue weighted by molar-refractivity contribution is 5.50. The smallest absolute Gasteiger partial charge is 0.166 e. The molecule has 1 rings (SSSR count). The van der Waals surface area contributed by atoms with Gasteiger partial charge in [0, 0.05) is 6.54 Å². The minimum Gasteiger partial charge on any atom is -0.388 e. The molecule has 86 valence electrons. The van der Waals surface area contributed by atoms with E-state index in [1.165, 1.54) is 6.20 Å². The number of nitrogens with zero attached hydrogens (tertiary/aromatic N) is 3. The van der Waals surface area contributed by atoms with Crippen LogP contribution in [0.25, 0.3) is 0 Å². The lowest BCUT2D eigenvalue weighted by atomic mass is 10.0. The molecule has 0 aromatic carbocycles. The predicted molar refractivity (Wildman–Crippen MR) is 60.8 cm³/mol. The minimum atomic E-state index is -0.793. The maximum absolute atomic E-state index is 9.95. The Balaban J connectivity index is 2.65. The zero-order chi connectivity index (χ0) is 12.0. The first-order chi connectivity index (χ1) is 7.59. The fourth-order valence-corrected chi connectivity index (χ4v) is 1.45. The van der Waals surface area contributed by atoms with E-state index in [1.807, 2.05) is 13.0 Å². The van der Waals surface area contributed by atoms with Crippen molar-refractivity contribution in [2.75, 3.05) is 11.9 Å². The first-order valence-corrected chi connectivity index (χ1v) is 5.27. The maximum atomic E-state index is 9.95. The van der Waals surface area contributed by atoms with Crippen LogP contribution in [0.3, 0.4) is 0 Å². The van der Waals surface area contributed by atoms with Crippen LogP contribution >= 0.6 is 0 Å². The lowest BCUT2D eigenvalue weighted by molar-refractivity contribution is 0.0636. The number of aliphatic hydroxyl groups is 1. The monoisotopic (exact) mass is 220 g/mol. The molecule has 1 aromatic rings. The third-order valence-corrected chi connectivity index (χ3v) is 2.27. The molecule has 0 fully saturated rings. The number of aromatic nitrogens is 2. The van der Waals surface area contributed by atoms with Gasteiger partial charge >= 0.3 is 0 Å². The van der Waals surface area contributed by atoms with Crippen molar-refractivity contribution in [1.82, 2.24) is 10.2 Å². The van der Waals surface area contributed by atoms with Gasteiger partial charge in [-0.2, -0.15) is 10.4 Å². The van der Waals surface area contributed by atoms with Crippen LogP contribution in [0.15, 0.2) is 12.3 Å². The zero-order valence-corrected chi connectivity index (χ0v) is 9.56. The van der Waals surface area contributed by atoms with Gasteiger partial charge in [-0.05, 0) is 19.4 Å². The van der Waals surface area contributed by atoms with Gasteiger partial charge in [0.1, 0.15) is 6.07 Å². The summed E-state index contributed by atoms with van der Waals surface area (Å²) in [6.45, 7) is 4.12. The van der Waals surface area contributed by atoms with Gasteiger partial charge in [-0.1, -0.05) is 13.3 Å². The van der Waals surface area contributed by atoms with Crippen LogP contribution in [0.1, 0.15) is 32.3 Å². The molecule has 0 aliphatic heterocycles. The van der Waals surface area contributed by atoms with E-state index in [1.54, 1.807) is 13.0 Å². The molecule has 0 amide bonds. The van der Waals surface area contributed by atoms with E-state index in [-0.39, 0.29) is 0 Å². The number of anilines is 1. The Morgan fingerprint density at radius 1 is 1.62 bits per heavy atom. The number of nitriles is 1. The van der Waals surface area contributed by atoms with E-state index in [0.29, 0.717) is 24.3 Å². The fourth-order valence-electron chi connectivity index (χ4n) is 1.45. The van der Waals surface area contributed by atoms with Gasteiger partial charge in [0.15, 0.2) is 5.82 Å². The van der Waals surface area contributed by atoms with Crippen LogP contribution in [0.4, 0.5) is 5.82 Å². The molecule has 5 heteroatoms. The molecule has 2 N–H and O–H groups in total. The van der Waals surface area contributed by atoms with Gasteiger partial charge in [-0.25, -0.2) is 0 Å². The van der Waals surface area contributed by atoms with Crippen LogP contribution < -0.4 is 5.32 Å². The number of nitrogens with one attached hydrogen (secondary N) is 1. The second-order valence-corrected chi connectivity index (χ2v) is 4.01. The summed E-state index contributed by atoms with van der Waals surface area (Å²) < 4.78 is 0. The van der Waals surface area contributed by atoms with E-state index < -0.39 is 5.60 Å². The summed E-state index contributed by atoms with van der Waals surface area (Å²) in [5.74, 6) is 0.418. The van der Waals surface area contributed by atoms with Gasteiger partial charge < -0.3 is 10.4 Å². The number of rotatable bonds is 5. The summed E-state index contributed by atoms with van der Waals surface area (Å²) >= 11 is 0. The van der Waals surface area contributed by atoms with Crippen LogP contribution in [0.2, 0.25) is 0 Å². The molecule has 1 unspecified atom stereocenters. The summed E-state index contributed by atoms with van der Waals surface area (Å²) in [5.41, 5.74) is -0.360. The number of hydrogen-bond acceptors (Lipinski definition) is 5. The molecule has 5 nitrogen and oxygen atoms in total. The van der Waals surface area contributed by atoms with Crippen molar-refractivity contribution in [2.45, 2.75) is 32.3 Å². The molecular formula is C11H16N4O. The maximum Gasteiger partial charge on any atom is 0.166 e. The first-order valence-electron chi connectivity index (χ1n) is 5.27. The second kappa shape index (κ2) is 5.42. The summed E-state index contributed by atoms with van der Waals surface area (Å²) in [6, 6.07) is 3.60. The van der Waals surface area contributed by atoms with Gasteiger partial charge in [0.05, 0.1) is 17.4 Å². The highest BCUT2D eigenvalue weighted by Gasteiger charge is 2.19. The lowest BCUT2D eigenvalue weighted by Gasteiger charge is -2.23. The Morgan fingerprint density at radius 2 is 2.38 bits per heavy atom. The number of hydrogen-bond donors (Lipinski definition) is 2. The Hall–Kier alpha value is -1.67. The van der Waals surface area contributed by atoms with Crippen molar-refractivity contribution in [3.8, 4) is 6.07 Å². The molecule has 1 heterocycles. The third-order valence-electron chi connectivity index (χ3n) is 2.27. The van der Waals surface area contributed by atoms with Crippen molar-refractivity contribution in [3.05, 3.63) is 17.8 Å². The summed E-state index contributed by atoms with van der Waals surface area (Å²) in [6.07, 6.45) is 3.07. The highest BCUT2D eigenvalue weighted by atomic mass is 16.3. The standard InChI is InChI=1S/C11H16N4O/c1-3-5-11(2,16)8-13-10-9(7-12)4-6-14-15-10/h4,6,16H,3,5,8H2,1-2H3,(H,13,15). The summed E-state index contributed by atoms with van der Waals surface area (Å²) in [7, 11) is 0. The molecule has 0 bridgehead atoms. The Bertz CT molecular complexity index is 384. The van der Waals surface area contributed by atoms with Crippen LogP contribution in [-0.4, -0.2) is 27.4 Å². The Labute approximate surface area is 95.1 Å². The molecule has 0 aliphatic carbocycles. The van der Waals surface area contributed by atoms with Gasteiger partial charge in [0.25, 0.3) is 0 Å². The summed E-state index contributed by atoms with van der Waals surface area (Å²) in [4.78, 5) is 0. The lowest BCUT2D eigenvalue weighted by Crippen LogP contribution is -2.33. The third kappa shape index (κ3) is 3.48. The normalized spacial score (nSPS) is 13.9. The Morgan fingerprint density at radius 3 is 3.00 bits per heavy atom. The topological polar surface area (TPSA) is 81.8 Å². The molecule has 0 saturated carbocycles. The van der Waals surface area contributed by atoms with Crippen molar-refractivity contribution in [1.29, 1.82) is 5.26 Å². The van der Waals surface area contributed by atoms with E-state index in [9.17, 15) is 5.11 Å². The van der Waals surface area contributed by atoms with Gasteiger partial charge in [-0.15, -0.1) is 5.10 Å².